The van der Waals surface area contributed by atoms with E-state index in [1.165, 1.54) is 0 Å². The van der Waals surface area contributed by atoms with Crippen LogP contribution in [0.25, 0.3) is 0 Å². The highest BCUT2D eigenvalue weighted by atomic mass is 32.2. The van der Waals surface area contributed by atoms with Crippen LogP contribution >= 0.6 is 12.2 Å². The van der Waals surface area contributed by atoms with Gasteiger partial charge in [0.05, 0.1) is 10.4 Å². The van der Waals surface area contributed by atoms with E-state index in [2.05, 4.69) is 5.32 Å². The van der Waals surface area contributed by atoms with Gasteiger partial charge in [0, 0.05) is 29.4 Å². The van der Waals surface area contributed by atoms with Crippen molar-refractivity contribution in [2.24, 2.45) is 11.1 Å². The van der Waals surface area contributed by atoms with Crippen LogP contribution in [-0.2, 0) is 15.6 Å². The van der Waals surface area contributed by atoms with Crippen molar-refractivity contribution in [2.75, 3.05) is 18.6 Å². The number of carbonyl (C=O) groups excluding carboxylic acids is 1. The number of rotatable bonds is 6. The van der Waals surface area contributed by atoms with E-state index in [0.29, 0.717) is 18.7 Å². The molecule has 0 rings (SSSR count). The van der Waals surface area contributed by atoms with Crippen LogP contribution < -0.4 is 11.1 Å². The third-order valence-electron chi connectivity index (χ3n) is 2.08. The molecule has 4 nitrogen and oxygen atoms in total. The van der Waals surface area contributed by atoms with Gasteiger partial charge in [0.1, 0.15) is 0 Å². The van der Waals surface area contributed by atoms with Gasteiger partial charge in [-0.2, -0.15) is 0 Å². The van der Waals surface area contributed by atoms with Crippen LogP contribution in [-0.4, -0.2) is 33.7 Å². The van der Waals surface area contributed by atoms with Crippen molar-refractivity contribution in [2.45, 2.75) is 20.3 Å². The van der Waals surface area contributed by atoms with Crippen LogP contribution in [0.1, 0.15) is 20.3 Å². The van der Waals surface area contributed by atoms with E-state index >= 15 is 0 Å². The number of carbonyl (C=O) groups is 1. The average molecular weight is 250 g/mol. The van der Waals surface area contributed by atoms with Gasteiger partial charge in [0.25, 0.3) is 0 Å². The molecule has 0 aliphatic carbocycles. The second-order valence-corrected chi connectivity index (χ2v) is 5.87. The molecule has 0 aliphatic heterocycles. The van der Waals surface area contributed by atoms with E-state index in [9.17, 15) is 9.00 Å². The van der Waals surface area contributed by atoms with Crippen molar-refractivity contribution < 1.29 is 9.00 Å². The fraction of sp³-hybridized carbons (Fsp3) is 0.778. The van der Waals surface area contributed by atoms with Crippen molar-refractivity contribution in [3.63, 3.8) is 0 Å². The molecule has 88 valence electrons. The Labute approximate surface area is 98.4 Å². The van der Waals surface area contributed by atoms with Crippen molar-refractivity contribution in [3.05, 3.63) is 0 Å². The highest BCUT2D eigenvalue weighted by Crippen LogP contribution is 2.14. The van der Waals surface area contributed by atoms with E-state index in [4.69, 9.17) is 18.0 Å². The van der Waals surface area contributed by atoms with E-state index in [1.54, 1.807) is 20.1 Å². The minimum Gasteiger partial charge on any atom is -0.392 e. The highest BCUT2D eigenvalue weighted by molar-refractivity contribution is 7.84. The largest absolute Gasteiger partial charge is 0.392 e. The van der Waals surface area contributed by atoms with Gasteiger partial charge < -0.3 is 11.1 Å². The Morgan fingerprint density at radius 1 is 1.53 bits per heavy atom. The molecular formula is C9H18N2O2S2. The van der Waals surface area contributed by atoms with Gasteiger partial charge in [-0.05, 0) is 20.3 Å². The Kier molecular flexibility index (Phi) is 5.97. The second kappa shape index (κ2) is 6.17. The summed E-state index contributed by atoms with van der Waals surface area (Å²) < 4.78 is 10.8. The monoisotopic (exact) mass is 250 g/mol. The number of hydrogen-bond acceptors (Lipinski definition) is 3. The van der Waals surface area contributed by atoms with Gasteiger partial charge in [-0.25, -0.2) is 0 Å². The van der Waals surface area contributed by atoms with Crippen LogP contribution in [0.15, 0.2) is 0 Å². The quantitative estimate of drug-likeness (QED) is 0.521. The second-order valence-electron chi connectivity index (χ2n) is 3.88. The fourth-order valence-corrected chi connectivity index (χ4v) is 1.45. The Morgan fingerprint density at radius 2 is 2.07 bits per heavy atom. The first kappa shape index (κ1) is 14.5. The summed E-state index contributed by atoms with van der Waals surface area (Å²) in [5.41, 5.74) is 4.63. The Morgan fingerprint density at radius 3 is 2.47 bits per heavy atom. The van der Waals surface area contributed by atoms with E-state index in [-0.39, 0.29) is 10.9 Å². The zero-order chi connectivity index (χ0) is 12.1. The summed E-state index contributed by atoms with van der Waals surface area (Å²) in [4.78, 5) is 11.8. The maximum Gasteiger partial charge on any atom is 0.232 e. The molecular weight excluding hydrogens is 232 g/mol. The van der Waals surface area contributed by atoms with E-state index < -0.39 is 16.2 Å². The zero-order valence-corrected chi connectivity index (χ0v) is 11.0. The normalized spacial score (nSPS) is 13.3. The number of nitrogens with one attached hydrogen (secondary N) is 1. The standard InChI is InChI=1S/C9H18N2O2S2/c1-9(2,7(10)14)8(12)11-5-4-6-15(3)13/h4-6H2,1-3H3,(H2,10,14)(H,11,12). The molecule has 0 aromatic heterocycles. The summed E-state index contributed by atoms with van der Waals surface area (Å²) in [6.45, 7) is 3.87. The first-order valence-electron chi connectivity index (χ1n) is 4.66. The summed E-state index contributed by atoms with van der Waals surface area (Å²) in [5.74, 6) is 0.408. The topological polar surface area (TPSA) is 72.2 Å². The first-order valence-corrected chi connectivity index (χ1v) is 6.80. The summed E-state index contributed by atoms with van der Waals surface area (Å²) in [5, 5.41) is 2.72. The van der Waals surface area contributed by atoms with Gasteiger partial charge in [-0.15, -0.1) is 0 Å². The Hall–Kier alpha value is -0.490. The van der Waals surface area contributed by atoms with Crippen LogP contribution in [0.5, 0.6) is 0 Å². The van der Waals surface area contributed by atoms with Crippen molar-refractivity contribution in [1.29, 1.82) is 0 Å². The molecule has 1 atom stereocenters. The molecule has 0 saturated heterocycles. The minimum absolute atomic E-state index is 0.180. The van der Waals surface area contributed by atoms with Crippen LogP contribution in [0, 0.1) is 5.41 Å². The SMILES string of the molecule is CS(=O)CCCNC(=O)C(C)(C)C(N)=S. The molecule has 0 bridgehead atoms. The maximum absolute atomic E-state index is 11.6. The summed E-state index contributed by atoms with van der Waals surface area (Å²) in [6.07, 6.45) is 2.34. The molecule has 0 aromatic rings. The molecule has 3 N–H and O–H groups in total. The smallest absolute Gasteiger partial charge is 0.232 e. The molecule has 0 aliphatic rings. The lowest BCUT2D eigenvalue weighted by molar-refractivity contribution is -0.126. The molecule has 0 fully saturated rings. The number of amides is 1. The zero-order valence-electron chi connectivity index (χ0n) is 9.33. The minimum atomic E-state index is -0.819. The van der Waals surface area contributed by atoms with Crippen molar-refractivity contribution in [1.82, 2.24) is 5.32 Å². The Balaban J connectivity index is 3.94. The fourth-order valence-electron chi connectivity index (χ4n) is 0.810. The summed E-state index contributed by atoms with van der Waals surface area (Å²) in [7, 11) is -0.812. The third-order valence-corrected chi connectivity index (χ3v) is 3.45. The van der Waals surface area contributed by atoms with Gasteiger partial charge in [-0.1, -0.05) is 12.2 Å². The lowest BCUT2D eigenvalue weighted by atomic mass is 9.92. The van der Waals surface area contributed by atoms with Gasteiger partial charge in [0.15, 0.2) is 0 Å². The van der Waals surface area contributed by atoms with Crippen LogP contribution in [0.2, 0.25) is 0 Å². The lowest BCUT2D eigenvalue weighted by Gasteiger charge is -2.21. The molecule has 15 heavy (non-hydrogen) atoms. The molecule has 0 saturated carbocycles. The predicted molar refractivity (Wildman–Crippen MR) is 67.1 cm³/mol. The number of thiocarbonyl (C=S) groups is 1. The molecule has 0 radical (unpaired) electrons. The molecule has 0 spiro atoms. The number of hydrogen-bond donors (Lipinski definition) is 2. The third kappa shape index (κ3) is 5.22. The van der Waals surface area contributed by atoms with Crippen molar-refractivity contribution >= 4 is 33.9 Å². The predicted octanol–water partition coefficient (Wildman–Crippen LogP) is 0.184. The molecule has 0 aromatic carbocycles. The van der Waals surface area contributed by atoms with Gasteiger partial charge >= 0.3 is 0 Å². The van der Waals surface area contributed by atoms with E-state index in [0.717, 1.165) is 0 Å². The van der Waals surface area contributed by atoms with Crippen molar-refractivity contribution in [3.8, 4) is 0 Å². The molecule has 6 heteroatoms. The highest BCUT2D eigenvalue weighted by Gasteiger charge is 2.30. The lowest BCUT2D eigenvalue weighted by Crippen LogP contribution is -2.45. The summed E-state index contributed by atoms with van der Waals surface area (Å²) in [6, 6.07) is 0. The van der Waals surface area contributed by atoms with Gasteiger partial charge in [-0.3, -0.25) is 9.00 Å². The Bertz CT molecular complexity index is 277. The molecule has 0 heterocycles. The molecule has 1 unspecified atom stereocenters. The van der Waals surface area contributed by atoms with Crippen LogP contribution in [0.3, 0.4) is 0 Å². The first-order chi connectivity index (χ1) is 6.78. The van der Waals surface area contributed by atoms with E-state index in [1.807, 2.05) is 0 Å². The van der Waals surface area contributed by atoms with Crippen LogP contribution in [0.4, 0.5) is 0 Å². The average Bonchev–Trinajstić information content (AvgIpc) is 2.11. The molecule has 1 amide bonds. The van der Waals surface area contributed by atoms with Gasteiger partial charge in [0.2, 0.25) is 5.91 Å². The maximum atomic E-state index is 11.6. The number of nitrogens with two attached hydrogens (primary N) is 1. The summed E-state index contributed by atoms with van der Waals surface area (Å²) >= 11 is 4.80.